The topological polar surface area (TPSA) is 118 Å². The van der Waals surface area contributed by atoms with Gasteiger partial charge in [-0.05, 0) is 53.9 Å². The second kappa shape index (κ2) is 8.10. The highest BCUT2D eigenvalue weighted by Gasteiger charge is 2.27. The zero-order chi connectivity index (χ0) is 23.2. The number of anilines is 3. The van der Waals surface area contributed by atoms with Crippen LogP contribution in [0.2, 0.25) is 5.02 Å². The minimum atomic E-state index is -4.01. The van der Waals surface area contributed by atoms with Gasteiger partial charge in [-0.3, -0.25) is 4.79 Å². The Kier molecular flexibility index (Phi) is 5.23. The molecule has 0 radical (unpaired) electrons. The molecule has 0 unspecified atom stereocenters. The van der Waals surface area contributed by atoms with Crippen LogP contribution in [0, 0.1) is 0 Å². The molecule has 0 atom stereocenters. The lowest BCUT2D eigenvalue weighted by atomic mass is 10.2. The number of amides is 1. The van der Waals surface area contributed by atoms with E-state index in [1.54, 1.807) is 36.4 Å². The van der Waals surface area contributed by atoms with E-state index in [1.807, 2.05) is 11.4 Å². The van der Waals surface area contributed by atoms with Crippen molar-refractivity contribution in [2.24, 2.45) is 0 Å². The molecule has 0 aliphatic carbocycles. The Hall–Kier alpha value is -3.54. The first-order valence-corrected chi connectivity index (χ1v) is 12.3. The van der Waals surface area contributed by atoms with E-state index in [0.717, 1.165) is 4.70 Å². The van der Waals surface area contributed by atoms with E-state index in [4.69, 9.17) is 11.6 Å². The Labute approximate surface area is 197 Å². The van der Waals surface area contributed by atoms with E-state index in [2.05, 4.69) is 25.9 Å². The monoisotopic (exact) mass is 498 g/mol. The second-order valence-electron chi connectivity index (χ2n) is 7.07. The van der Waals surface area contributed by atoms with Gasteiger partial charge in [-0.2, -0.15) is 4.52 Å². The summed E-state index contributed by atoms with van der Waals surface area (Å²) in [6, 6.07) is 14.9. The van der Waals surface area contributed by atoms with Gasteiger partial charge < -0.3 is 10.6 Å². The van der Waals surface area contributed by atoms with E-state index < -0.39 is 9.84 Å². The summed E-state index contributed by atoms with van der Waals surface area (Å²) in [6.45, 7) is 1.44. The third-order valence-electron chi connectivity index (χ3n) is 4.75. The maximum absolute atomic E-state index is 13.3. The lowest BCUT2D eigenvalue weighted by Gasteiger charge is -2.09. The van der Waals surface area contributed by atoms with Crippen molar-refractivity contribution in [3.63, 3.8) is 0 Å². The number of nitrogens with zero attached hydrogens (tertiary/aromatic N) is 4. The van der Waals surface area contributed by atoms with E-state index >= 15 is 0 Å². The molecular formula is C21H15ClN6O3S2. The van der Waals surface area contributed by atoms with Crippen LogP contribution in [-0.4, -0.2) is 34.1 Å². The number of nitrogens with one attached hydrogen (secondary N) is 2. The minimum absolute atomic E-state index is 0.00712. The van der Waals surface area contributed by atoms with Crippen molar-refractivity contribution in [2.75, 3.05) is 10.6 Å². The Morgan fingerprint density at radius 2 is 1.85 bits per heavy atom. The van der Waals surface area contributed by atoms with Crippen molar-refractivity contribution in [3.05, 3.63) is 65.0 Å². The molecule has 0 aliphatic heterocycles. The second-order valence-corrected chi connectivity index (χ2v) is 10.3. The highest BCUT2D eigenvalue weighted by molar-refractivity contribution is 7.91. The standard InChI is InChI=1S/C21H15ClN6O3S2/c1-12(29)23-14-5-7-15(8-6-14)24-19-18-17(9-10-32-18)28-20(25-19)21(26-27-28)33(30,31)16-4-2-3-13(22)11-16/h2-11H,1H3,(H,23,29)(H,24,25). The van der Waals surface area contributed by atoms with Crippen LogP contribution in [0.15, 0.2) is 69.9 Å². The van der Waals surface area contributed by atoms with Crippen molar-refractivity contribution in [1.82, 2.24) is 19.8 Å². The first-order valence-electron chi connectivity index (χ1n) is 9.61. The molecule has 5 rings (SSSR count). The SMILES string of the molecule is CC(=O)Nc1ccc(Nc2nc3c(S(=O)(=O)c4cccc(Cl)c4)nnn3c3ccsc23)cc1. The Morgan fingerprint density at radius 3 is 2.58 bits per heavy atom. The highest BCUT2D eigenvalue weighted by Crippen LogP contribution is 2.33. The normalized spacial score (nSPS) is 11.7. The number of fused-ring (bicyclic) bond motifs is 3. The molecule has 0 saturated heterocycles. The molecule has 0 saturated carbocycles. The van der Waals surface area contributed by atoms with Gasteiger partial charge in [0.25, 0.3) is 0 Å². The molecule has 33 heavy (non-hydrogen) atoms. The number of halogens is 1. The van der Waals surface area contributed by atoms with Crippen LogP contribution in [-0.2, 0) is 14.6 Å². The van der Waals surface area contributed by atoms with Gasteiger partial charge in [0.05, 0.1) is 15.1 Å². The fraction of sp³-hybridized carbons (Fsp3) is 0.0476. The van der Waals surface area contributed by atoms with Crippen molar-refractivity contribution in [3.8, 4) is 0 Å². The maximum Gasteiger partial charge on any atom is 0.229 e. The van der Waals surface area contributed by atoms with Crippen LogP contribution in [0.4, 0.5) is 17.2 Å². The summed E-state index contributed by atoms with van der Waals surface area (Å²) < 4.78 is 28.7. The Morgan fingerprint density at radius 1 is 1.09 bits per heavy atom. The highest BCUT2D eigenvalue weighted by atomic mass is 35.5. The summed E-state index contributed by atoms with van der Waals surface area (Å²) in [6.07, 6.45) is 0. The number of rotatable bonds is 5. The summed E-state index contributed by atoms with van der Waals surface area (Å²) in [5.74, 6) is 0.300. The van der Waals surface area contributed by atoms with Gasteiger partial charge >= 0.3 is 0 Å². The molecule has 0 fully saturated rings. The van der Waals surface area contributed by atoms with Crippen LogP contribution < -0.4 is 10.6 Å². The fourth-order valence-electron chi connectivity index (χ4n) is 3.30. The summed E-state index contributed by atoms with van der Waals surface area (Å²) in [4.78, 5) is 15.8. The summed E-state index contributed by atoms with van der Waals surface area (Å²) >= 11 is 7.43. The van der Waals surface area contributed by atoms with Gasteiger partial charge in [0.1, 0.15) is 0 Å². The smallest absolute Gasteiger partial charge is 0.229 e. The molecule has 3 aromatic heterocycles. The zero-order valence-corrected chi connectivity index (χ0v) is 19.4. The van der Waals surface area contributed by atoms with Crippen LogP contribution in [0.3, 0.4) is 0 Å². The molecule has 2 N–H and O–H groups in total. The van der Waals surface area contributed by atoms with Crippen molar-refractivity contribution in [1.29, 1.82) is 0 Å². The van der Waals surface area contributed by atoms with Gasteiger partial charge in [0.2, 0.25) is 20.8 Å². The van der Waals surface area contributed by atoms with Gasteiger partial charge in [-0.25, -0.2) is 13.4 Å². The summed E-state index contributed by atoms with van der Waals surface area (Å²) in [7, 11) is -4.01. The minimum Gasteiger partial charge on any atom is -0.339 e. The average Bonchev–Trinajstić information content (AvgIpc) is 3.42. The lowest BCUT2D eigenvalue weighted by molar-refractivity contribution is -0.114. The van der Waals surface area contributed by atoms with E-state index in [1.165, 1.54) is 34.9 Å². The number of thiophene rings is 1. The first-order chi connectivity index (χ1) is 15.8. The number of sulfone groups is 1. The Balaban J connectivity index is 1.61. The molecule has 2 aromatic carbocycles. The van der Waals surface area contributed by atoms with Crippen LogP contribution in [0.5, 0.6) is 0 Å². The fourth-order valence-corrected chi connectivity index (χ4v) is 5.66. The third kappa shape index (κ3) is 3.90. The first kappa shape index (κ1) is 21.3. The number of carbonyl (C=O) groups is 1. The van der Waals surface area contributed by atoms with Crippen molar-refractivity contribution >= 4 is 71.7 Å². The number of carbonyl (C=O) groups excluding carboxylic acids is 1. The van der Waals surface area contributed by atoms with Crippen molar-refractivity contribution in [2.45, 2.75) is 16.8 Å². The number of benzene rings is 2. The molecule has 12 heteroatoms. The molecule has 5 aromatic rings. The number of aromatic nitrogens is 4. The molecule has 0 bridgehead atoms. The zero-order valence-electron chi connectivity index (χ0n) is 17.0. The third-order valence-corrected chi connectivity index (χ3v) is 7.54. The van der Waals surface area contributed by atoms with E-state index in [9.17, 15) is 13.2 Å². The summed E-state index contributed by atoms with van der Waals surface area (Å²) in [5.41, 5.74) is 2.13. The van der Waals surface area contributed by atoms with E-state index in [-0.39, 0.29) is 21.5 Å². The molecule has 0 aliphatic rings. The quantitative estimate of drug-likeness (QED) is 0.365. The van der Waals surface area contributed by atoms with Crippen LogP contribution in [0.25, 0.3) is 15.9 Å². The van der Waals surface area contributed by atoms with Gasteiger partial charge in [-0.1, -0.05) is 22.9 Å². The Bertz CT molecular complexity index is 1630. The van der Waals surface area contributed by atoms with Crippen molar-refractivity contribution < 1.29 is 13.2 Å². The molecule has 9 nitrogen and oxygen atoms in total. The van der Waals surface area contributed by atoms with Crippen LogP contribution >= 0.6 is 22.9 Å². The predicted molar refractivity (Wildman–Crippen MR) is 127 cm³/mol. The molecule has 1 amide bonds. The average molecular weight is 499 g/mol. The van der Waals surface area contributed by atoms with E-state index in [0.29, 0.717) is 27.7 Å². The van der Waals surface area contributed by atoms with Gasteiger partial charge in [0.15, 0.2) is 11.5 Å². The van der Waals surface area contributed by atoms with Gasteiger partial charge in [-0.15, -0.1) is 16.4 Å². The number of hydrogen-bond donors (Lipinski definition) is 2. The number of hydrogen-bond acceptors (Lipinski definition) is 8. The molecular weight excluding hydrogens is 484 g/mol. The lowest BCUT2D eigenvalue weighted by Crippen LogP contribution is -2.06. The molecule has 166 valence electrons. The van der Waals surface area contributed by atoms with Gasteiger partial charge in [0, 0.05) is 23.3 Å². The summed E-state index contributed by atoms with van der Waals surface area (Å²) in [5, 5.41) is 15.8. The largest absolute Gasteiger partial charge is 0.339 e. The predicted octanol–water partition coefficient (Wildman–Crippen LogP) is 4.53. The molecule has 3 heterocycles. The molecule has 0 spiro atoms. The maximum atomic E-state index is 13.3. The van der Waals surface area contributed by atoms with Crippen LogP contribution in [0.1, 0.15) is 6.92 Å².